The van der Waals surface area contributed by atoms with Crippen LogP contribution in [0.15, 0.2) is 24.3 Å². The number of quaternary nitrogens is 1. The number of unbranched alkanes of at least 4 members (excludes halogenated alkanes) is 19. The highest BCUT2D eigenvalue weighted by molar-refractivity contribution is 7.47. The summed E-state index contributed by atoms with van der Waals surface area (Å²) in [6.45, 7) is 4.79. The Kier molecular flexibility index (Phi) is 32.2. The Morgan fingerprint density at radius 3 is 1.67 bits per heavy atom. The number of carbonyl (C=O) groups excluding carboxylic acids is 1. The van der Waals surface area contributed by atoms with Crippen molar-refractivity contribution in [2.45, 2.75) is 187 Å². The first-order valence-corrected chi connectivity index (χ1v) is 21.7. The van der Waals surface area contributed by atoms with Gasteiger partial charge in [-0.2, -0.15) is 0 Å². The maximum Gasteiger partial charge on any atom is 0.472 e. The van der Waals surface area contributed by atoms with Crippen molar-refractivity contribution in [2.75, 3.05) is 40.9 Å². The van der Waals surface area contributed by atoms with Gasteiger partial charge in [0.1, 0.15) is 13.2 Å². The van der Waals surface area contributed by atoms with Crippen LogP contribution in [0.25, 0.3) is 0 Å². The standard InChI is InChI=1S/C40H79N2O6P/c1-6-8-10-12-14-15-16-17-18-19-20-21-22-23-24-25-26-27-28-30-32-34-40(44)41-38(39(43)33-31-29-13-11-9-7-2)37-48-49(45,46)47-36-35-42(3,4)5/h16-17,19-20,38-39,43H,6-15,18,21-37H2,1-5H3,(H-,41,44,45,46)/p+1/b17-16-,20-19-. The topological polar surface area (TPSA) is 105 Å². The second-order valence-corrected chi connectivity index (χ2v) is 16.5. The first-order valence-electron chi connectivity index (χ1n) is 20.2. The molecule has 0 bridgehead atoms. The van der Waals surface area contributed by atoms with Crippen molar-refractivity contribution in [2.24, 2.45) is 0 Å². The molecule has 1 amide bonds. The van der Waals surface area contributed by atoms with Crippen molar-refractivity contribution in [3.63, 3.8) is 0 Å². The summed E-state index contributed by atoms with van der Waals surface area (Å²) >= 11 is 0. The molecule has 0 rings (SSSR count). The predicted octanol–water partition coefficient (Wildman–Crippen LogP) is 10.6. The van der Waals surface area contributed by atoms with Crippen molar-refractivity contribution in [3.8, 4) is 0 Å². The maximum absolute atomic E-state index is 12.8. The van der Waals surface area contributed by atoms with E-state index in [0.29, 0.717) is 23.9 Å². The second-order valence-electron chi connectivity index (χ2n) is 15.0. The highest BCUT2D eigenvalue weighted by atomic mass is 31.2. The minimum absolute atomic E-state index is 0.0733. The van der Waals surface area contributed by atoms with Crippen LogP contribution in [0.4, 0.5) is 0 Å². The summed E-state index contributed by atoms with van der Waals surface area (Å²) in [6, 6.07) is -0.757. The Hall–Kier alpha value is -1.02. The zero-order valence-electron chi connectivity index (χ0n) is 32.7. The maximum atomic E-state index is 12.8. The van der Waals surface area contributed by atoms with Gasteiger partial charge in [0.2, 0.25) is 5.91 Å². The summed E-state index contributed by atoms with van der Waals surface area (Å²) in [7, 11) is 1.61. The molecule has 3 atom stereocenters. The summed E-state index contributed by atoms with van der Waals surface area (Å²) in [5, 5.41) is 13.8. The van der Waals surface area contributed by atoms with Crippen LogP contribution in [0.5, 0.6) is 0 Å². The summed E-state index contributed by atoms with van der Waals surface area (Å²) in [5.41, 5.74) is 0. The van der Waals surface area contributed by atoms with E-state index in [2.05, 4.69) is 43.5 Å². The molecule has 3 unspecified atom stereocenters. The zero-order valence-corrected chi connectivity index (χ0v) is 33.6. The fraction of sp³-hybridized carbons (Fsp3) is 0.875. The number of rotatable bonds is 36. The molecule has 0 fully saturated rings. The number of phosphoric acid groups is 1. The Balaban J connectivity index is 4.17. The number of hydrogen-bond acceptors (Lipinski definition) is 5. The van der Waals surface area contributed by atoms with E-state index < -0.39 is 20.0 Å². The molecule has 0 aromatic carbocycles. The summed E-state index contributed by atoms with van der Waals surface area (Å²) in [6.07, 6.45) is 36.6. The van der Waals surface area contributed by atoms with Gasteiger partial charge in [-0.1, -0.05) is 147 Å². The van der Waals surface area contributed by atoms with Crippen molar-refractivity contribution >= 4 is 13.7 Å². The van der Waals surface area contributed by atoms with Crippen LogP contribution in [0.3, 0.4) is 0 Å². The predicted molar refractivity (Wildman–Crippen MR) is 208 cm³/mol. The number of aliphatic hydroxyl groups is 1. The van der Waals surface area contributed by atoms with E-state index in [1.54, 1.807) is 0 Å². The lowest BCUT2D eigenvalue weighted by atomic mass is 10.0. The normalized spacial score (nSPS) is 14.8. The highest BCUT2D eigenvalue weighted by Gasteiger charge is 2.28. The molecular formula is C40H80N2O6P+. The quantitative estimate of drug-likeness (QED) is 0.0258. The number of amides is 1. The van der Waals surface area contributed by atoms with Crippen LogP contribution >= 0.6 is 7.82 Å². The average Bonchev–Trinajstić information content (AvgIpc) is 3.04. The molecule has 0 spiro atoms. The third-order valence-electron chi connectivity index (χ3n) is 8.95. The first-order chi connectivity index (χ1) is 23.5. The van der Waals surface area contributed by atoms with Gasteiger partial charge in [-0.05, 0) is 44.9 Å². The van der Waals surface area contributed by atoms with Gasteiger partial charge in [0.25, 0.3) is 0 Å². The lowest BCUT2D eigenvalue weighted by molar-refractivity contribution is -0.870. The summed E-state index contributed by atoms with van der Waals surface area (Å²) in [5.74, 6) is -0.155. The van der Waals surface area contributed by atoms with Crippen molar-refractivity contribution in [1.82, 2.24) is 5.32 Å². The van der Waals surface area contributed by atoms with E-state index >= 15 is 0 Å². The number of likely N-dealkylation sites (N-methyl/N-ethyl adjacent to an activating group) is 1. The van der Waals surface area contributed by atoms with E-state index in [1.165, 1.54) is 103 Å². The summed E-state index contributed by atoms with van der Waals surface area (Å²) in [4.78, 5) is 22.9. The Labute approximate surface area is 303 Å². The Morgan fingerprint density at radius 2 is 1.16 bits per heavy atom. The van der Waals surface area contributed by atoms with Gasteiger partial charge < -0.3 is 19.8 Å². The van der Waals surface area contributed by atoms with Gasteiger partial charge in [0, 0.05) is 6.42 Å². The molecule has 8 nitrogen and oxygen atoms in total. The number of aliphatic hydroxyl groups excluding tert-OH is 1. The molecule has 0 aromatic rings. The molecule has 0 aliphatic rings. The molecule has 0 aliphatic carbocycles. The van der Waals surface area contributed by atoms with Crippen LogP contribution in [0, 0.1) is 0 Å². The average molecular weight is 716 g/mol. The number of nitrogens with one attached hydrogen (secondary N) is 1. The second kappa shape index (κ2) is 32.9. The fourth-order valence-corrected chi connectivity index (χ4v) is 6.40. The minimum Gasteiger partial charge on any atom is -0.391 e. The molecule has 3 N–H and O–H groups in total. The smallest absolute Gasteiger partial charge is 0.391 e. The van der Waals surface area contributed by atoms with E-state index in [-0.39, 0.29) is 19.1 Å². The number of hydrogen-bond donors (Lipinski definition) is 3. The van der Waals surface area contributed by atoms with Crippen LogP contribution in [0.2, 0.25) is 0 Å². The van der Waals surface area contributed by atoms with Crippen molar-refractivity contribution in [1.29, 1.82) is 0 Å². The molecule has 0 saturated carbocycles. The van der Waals surface area contributed by atoms with Crippen molar-refractivity contribution in [3.05, 3.63) is 24.3 Å². The summed E-state index contributed by atoms with van der Waals surface area (Å²) < 4.78 is 23.4. The Bertz CT molecular complexity index is 860. The lowest BCUT2D eigenvalue weighted by Crippen LogP contribution is -2.46. The lowest BCUT2D eigenvalue weighted by Gasteiger charge is -2.26. The van der Waals surface area contributed by atoms with Crippen LogP contribution < -0.4 is 5.32 Å². The van der Waals surface area contributed by atoms with Gasteiger partial charge in [-0.3, -0.25) is 13.8 Å². The van der Waals surface area contributed by atoms with Gasteiger partial charge >= 0.3 is 7.82 Å². The molecule has 0 aromatic heterocycles. The van der Waals surface area contributed by atoms with Crippen LogP contribution in [0.1, 0.15) is 174 Å². The number of allylic oxidation sites excluding steroid dienone is 4. The van der Waals surface area contributed by atoms with Gasteiger partial charge in [0.15, 0.2) is 0 Å². The minimum atomic E-state index is -4.30. The molecule has 0 aliphatic heterocycles. The van der Waals surface area contributed by atoms with E-state index in [1.807, 2.05) is 21.1 Å². The van der Waals surface area contributed by atoms with Crippen LogP contribution in [-0.2, 0) is 18.4 Å². The molecular weight excluding hydrogens is 635 g/mol. The third kappa shape index (κ3) is 35.2. The SMILES string of the molecule is CCCCCCC/C=C\C/C=C\CCCCCCCCCCCC(=O)NC(COP(=O)(O)OCC[N+](C)(C)C)C(O)CCCCCCCC. The monoisotopic (exact) mass is 716 g/mol. The van der Waals surface area contributed by atoms with Crippen molar-refractivity contribution < 1.29 is 32.9 Å². The molecule has 0 heterocycles. The van der Waals surface area contributed by atoms with E-state index in [0.717, 1.165) is 44.9 Å². The van der Waals surface area contributed by atoms with E-state index in [9.17, 15) is 19.4 Å². The number of nitrogens with zero attached hydrogens (tertiary/aromatic N) is 1. The molecule has 0 saturated heterocycles. The molecule has 9 heteroatoms. The number of phosphoric ester groups is 1. The first kappa shape index (κ1) is 48.0. The van der Waals surface area contributed by atoms with Crippen LogP contribution in [-0.4, -0.2) is 73.4 Å². The highest BCUT2D eigenvalue weighted by Crippen LogP contribution is 2.43. The van der Waals surface area contributed by atoms with Gasteiger partial charge in [-0.25, -0.2) is 4.57 Å². The fourth-order valence-electron chi connectivity index (χ4n) is 5.66. The zero-order chi connectivity index (χ0) is 36.5. The molecule has 0 radical (unpaired) electrons. The molecule has 49 heavy (non-hydrogen) atoms. The largest absolute Gasteiger partial charge is 0.472 e. The third-order valence-corrected chi connectivity index (χ3v) is 9.94. The van der Waals surface area contributed by atoms with E-state index in [4.69, 9.17) is 9.05 Å². The van der Waals surface area contributed by atoms with Gasteiger partial charge in [0.05, 0.1) is 39.9 Å². The number of carbonyl (C=O) groups is 1. The molecule has 290 valence electrons. The van der Waals surface area contributed by atoms with Gasteiger partial charge in [-0.15, -0.1) is 0 Å². The Morgan fingerprint density at radius 1 is 0.694 bits per heavy atom.